The van der Waals surface area contributed by atoms with Crippen LogP contribution >= 0.6 is 11.3 Å². The van der Waals surface area contributed by atoms with Crippen LogP contribution in [0.5, 0.6) is 0 Å². The van der Waals surface area contributed by atoms with Crippen molar-refractivity contribution >= 4 is 23.1 Å². The monoisotopic (exact) mass is 330 g/mol. The maximum atomic E-state index is 12.3. The third-order valence-corrected chi connectivity index (χ3v) is 5.15. The second-order valence-electron chi connectivity index (χ2n) is 5.96. The van der Waals surface area contributed by atoms with Crippen molar-refractivity contribution in [2.24, 2.45) is 0 Å². The minimum absolute atomic E-state index is 0.0876. The van der Waals surface area contributed by atoms with Crippen molar-refractivity contribution in [1.82, 2.24) is 15.3 Å². The predicted molar refractivity (Wildman–Crippen MR) is 92.9 cm³/mol. The highest BCUT2D eigenvalue weighted by Crippen LogP contribution is 2.19. The fourth-order valence-corrected chi connectivity index (χ4v) is 3.94. The van der Waals surface area contributed by atoms with Gasteiger partial charge in [0, 0.05) is 30.2 Å². The van der Waals surface area contributed by atoms with Crippen molar-refractivity contribution in [3.8, 4) is 0 Å². The van der Waals surface area contributed by atoms with Crippen LogP contribution in [0, 0.1) is 13.8 Å². The number of thiazole rings is 1. The average Bonchev–Trinajstić information content (AvgIpc) is 2.86. The molecule has 1 aliphatic rings. The molecule has 0 bridgehead atoms. The maximum Gasteiger partial charge on any atom is 0.225 e. The number of hydrogen-bond donors (Lipinski definition) is 1. The molecule has 0 radical (unpaired) electrons. The van der Waals surface area contributed by atoms with Crippen molar-refractivity contribution in [3.05, 3.63) is 40.0 Å². The largest absolute Gasteiger partial charge is 0.355 e. The van der Waals surface area contributed by atoms with E-state index >= 15 is 0 Å². The number of rotatable bonds is 4. The maximum absolute atomic E-state index is 12.3. The highest BCUT2D eigenvalue weighted by Gasteiger charge is 2.22. The van der Waals surface area contributed by atoms with E-state index in [4.69, 9.17) is 0 Å². The van der Waals surface area contributed by atoms with Gasteiger partial charge < -0.3 is 10.2 Å². The SMILES string of the molecule is Cc1nc(C)c(CC(=O)N[C@H]2CCCN(c3ccccn3)C2)s1. The molecule has 6 heteroatoms. The predicted octanol–water partition coefficient (Wildman–Crippen LogP) is 2.48. The molecule has 1 amide bonds. The minimum atomic E-state index is 0.0876. The summed E-state index contributed by atoms with van der Waals surface area (Å²) in [7, 11) is 0. The summed E-state index contributed by atoms with van der Waals surface area (Å²) in [5, 5.41) is 4.19. The number of aryl methyl sites for hydroxylation is 2. The Morgan fingerprint density at radius 3 is 3.00 bits per heavy atom. The van der Waals surface area contributed by atoms with Gasteiger partial charge in [0.1, 0.15) is 5.82 Å². The first-order chi connectivity index (χ1) is 11.1. The molecule has 0 saturated carbocycles. The molecule has 1 N–H and O–H groups in total. The normalized spacial score (nSPS) is 18.0. The first kappa shape index (κ1) is 15.9. The van der Waals surface area contributed by atoms with Crippen LogP contribution in [-0.2, 0) is 11.2 Å². The van der Waals surface area contributed by atoms with Gasteiger partial charge in [-0.2, -0.15) is 0 Å². The summed E-state index contributed by atoms with van der Waals surface area (Å²) < 4.78 is 0. The fourth-order valence-electron chi connectivity index (χ4n) is 3.01. The zero-order valence-electron chi connectivity index (χ0n) is 13.6. The molecule has 0 aromatic carbocycles. The van der Waals surface area contributed by atoms with Crippen LogP contribution in [0.2, 0.25) is 0 Å². The lowest BCUT2D eigenvalue weighted by atomic mass is 10.1. The summed E-state index contributed by atoms with van der Waals surface area (Å²) in [6.45, 7) is 5.76. The number of anilines is 1. The molecule has 2 aromatic rings. The second kappa shape index (κ2) is 7.08. The number of amides is 1. The average molecular weight is 330 g/mol. The zero-order chi connectivity index (χ0) is 16.2. The van der Waals surface area contributed by atoms with Crippen LogP contribution in [-0.4, -0.2) is 35.0 Å². The number of aromatic nitrogens is 2. The van der Waals surface area contributed by atoms with Crippen LogP contribution in [0.15, 0.2) is 24.4 Å². The van der Waals surface area contributed by atoms with E-state index in [1.54, 1.807) is 11.3 Å². The number of hydrogen-bond acceptors (Lipinski definition) is 5. The Kier molecular flexibility index (Phi) is 4.91. The van der Waals surface area contributed by atoms with Crippen LogP contribution in [0.3, 0.4) is 0 Å². The van der Waals surface area contributed by atoms with Crippen molar-refractivity contribution in [3.63, 3.8) is 0 Å². The van der Waals surface area contributed by atoms with E-state index in [2.05, 4.69) is 20.2 Å². The molecule has 3 heterocycles. The molecule has 3 rings (SSSR count). The molecule has 0 spiro atoms. The van der Waals surface area contributed by atoms with E-state index in [9.17, 15) is 4.79 Å². The summed E-state index contributed by atoms with van der Waals surface area (Å²) in [4.78, 5) is 24.4. The van der Waals surface area contributed by atoms with Crippen LogP contribution in [0.1, 0.15) is 28.4 Å². The smallest absolute Gasteiger partial charge is 0.225 e. The molecule has 0 aliphatic carbocycles. The minimum Gasteiger partial charge on any atom is -0.355 e. The Bertz CT molecular complexity index is 670. The molecule has 1 fully saturated rings. The number of carbonyl (C=O) groups is 1. The Labute approximate surface area is 140 Å². The highest BCUT2D eigenvalue weighted by atomic mass is 32.1. The van der Waals surface area contributed by atoms with E-state index in [-0.39, 0.29) is 11.9 Å². The molecular weight excluding hydrogens is 308 g/mol. The summed E-state index contributed by atoms with van der Waals surface area (Å²) in [6, 6.07) is 6.13. The molecule has 0 unspecified atom stereocenters. The summed E-state index contributed by atoms with van der Waals surface area (Å²) in [6.07, 6.45) is 4.33. The molecule has 2 aromatic heterocycles. The second-order valence-corrected chi connectivity index (χ2v) is 7.25. The number of nitrogens with zero attached hydrogens (tertiary/aromatic N) is 3. The van der Waals surface area contributed by atoms with E-state index < -0.39 is 0 Å². The van der Waals surface area contributed by atoms with Gasteiger partial charge in [0.05, 0.1) is 17.1 Å². The van der Waals surface area contributed by atoms with Gasteiger partial charge in [-0.05, 0) is 38.8 Å². The van der Waals surface area contributed by atoms with E-state index in [1.165, 1.54) is 0 Å². The van der Waals surface area contributed by atoms with Crippen molar-refractivity contribution in [2.75, 3.05) is 18.0 Å². The standard InChI is InChI=1S/C17H22N4OS/c1-12-15(23-13(2)19-12)10-17(22)20-14-6-5-9-21(11-14)16-7-3-4-8-18-16/h3-4,7-8,14H,5-6,9-11H2,1-2H3,(H,20,22)/t14-/m0/s1. The number of piperidine rings is 1. The fraction of sp³-hybridized carbons (Fsp3) is 0.471. The lowest BCUT2D eigenvalue weighted by Crippen LogP contribution is -2.48. The quantitative estimate of drug-likeness (QED) is 0.936. The first-order valence-corrected chi connectivity index (χ1v) is 8.81. The summed E-state index contributed by atoms with van der Waals surface area (Å²) in [5.41, 5.74) is 0.974. The van der Waals surface area contributed by atoms with E-state index in [0.717, 1.165) is 47.3 Å². The molecule has 23 heavy (non-hydrogen) atoms. The van der Waals surface area contributed by atoms with Crippen molar-refractivity contribution in [2.45, 2.75) is 39.2 Å². The van der Waals surface area contributed by atoms with Crippen LogP contribution < -0.4 is 10.2 Å². The van der Waals surface area contributed by atoms with Gasteiger partial charge in [-0.1, -0.05) is 6.07 Å². The highest BCUT2D eigenvalue weighted by molar-refractivity contribution is 7.11. The molecule has 1 saturated heterocycles. The van der Waals surface area contributed by atoms with E-state index in [1.807, 2.05) is 38.2 Å². The van der Waals surface area contributed by atoms with Crippen molar-refractivity contribution < 1.29 is 4.79 Å². The Hall–Kier alpha value is -1.95. The number of carbonyl (C=O) groups excluding carboxylic acids is 1. The van der Waals surface area contributed by atoms with E-state index in [0.29, 0.717) is 6.42 Å². The van der Waals surface area contributed by atoms with Gasteiger partial charge in [-0.3, -0.25) is 4.79 Å². The molecule has 1 atom stereocenters. The van der Waals surface area contributed by atoms with Gasteiger partial charge in [-0.25, -0.2) is 9.97 Å². The zero-order valence-corrected chi connectivity index (χ0v) is 14.4. The lowest BCUT2D eigenvalue weighted by molar-refractivity contribution is -0.121. The Balaban J connectivity index is 1.57. The molecular formula is C17H22N4OS. The molecule has 5 nitrogen and oxygen atoms in total. The first-order valence-electron chi connectivity index (χ1n) is 8.00. The van der Waals surface area contributed by atoms with Gasteiger partial charge in [0.15, 0.2) is 0 Å². The number of pyridine rings is 1. The van der Waals surface area contributed by atoms with Crippen LogP contribution in [0.4, 0.5) is 5.82 Å². The topological polar surface area (TPSA) is 58.1 Å². The third-order valence-electron chi connectivity index (χ3n) is 4.08. The van der Waals surface area contributed by atoms with Gasteiger partial charge in [0.25, 0.3) is 0 Å². The molecule has 1 aliphatic heterocycles. The Morgan fingerprint density at radius 1 is 1.43 bits per heavy atom. The van der Waals surface area contributed by atoms with Gasteiger partial charge >= 0.3 is 0 Å². The summed E-state index contributed by atoms with van der Waals surface area (Å²) in [5.74, 6) is 1.07. The number of nitrogens with one attached hydrogen (secondary N) is 1. The van der Waals surface area contributed by atoms with Crippen LogP contribution in [0.25, 0.3) is 0 Å². The van der Waals surface area contributed by atoms with Crippen molar-refractivity contribution in [1.29, 1.82) is 0 Å². The Morgan fingerprint density at radius 2 is 2.30 bits per heavy atom. The third kappa shape index (κ3) is 4.07. The summed E-state index contributed by atoms with van der Waals surface area (Å²) >= 11 is 1.61. The molecule has 122 valence electrons. The lowest BCUT2D eigenvalue weighted by Gasteiger charge is -2.34. The van der Waals surface area contributed by atoms with Gasteiger partial charge in [0.2, 0.25) is 5.91 Å². The van der Waals surface area contributed by atoms with Gasteiger partial charge in [-0.15, -0.1) is 11.3 Å².